The summed E-state index contributed by atoms with van der Waals surface area (Å²) in [6.07, 6.45) is 1.84. The highest BCUT2D eigenvalue weighted by atomic mass is 16.7. The Balaban J connectivity index is 0.00000162. The Kier molecular flexibility index (Phi) is 4.74. The molecule has 5 rings (SSSR count). The molecule has 32 heavy (non-hydrogen) atoms. The molecular weight excluding hydrogens is 408 g/mol. The Morgan fingerprint density at radius 2 is 1.91 bits per heavy atom. The predicted molar refractivity (Wildman–Crippen MR) is 124 cm³/mol. The van der Waals surface area contributed by atoms with Crippen LogP contribution >= 0.6 is 0 Å². The van der Waals surface area contributed by atoms with E-state index in [0.29, 0.717) is 11.5 Å². The molecule has 3 aromatic rings. The lowest BCUT2D eigenvalue weighted by atomic mass is 9.84. The number of aromatic amines is 1. The smallest absolute Gasteiger partial charge is 0.235 e. The number of aliphatic hydroxyl groups excluding tert-OH is 1. The van der Waals surface area contributed by atoms with Gasteiger partial charge in [-0.15, -0.1) is 0 Å². The monoisotopic (exact) mass is 438 g/mol. The Hall–Kier alpha value is -3.32. The molecule has 2 aliphatic rings. The van der Waals surface area contributed by atoms with Crippen LogP contribution < -0.4 is 14.8 Å². The second-order valence-electron chi connectivity index (χ2n) is 9.35. The van der Waals surface area contributed by atoms with Gasteiger partial charge in [-0.2, -0.15) is 0 Å². The second-order valence-corrected chi connectivity index (χ2v) is 9.35. The number of aliphatic hydroxyl groups is 1. The molecule has 2 heterocycles. The van der Waals surface area contributed by atoms with Crippen molar-refractivity contribution in [3.8, 4) is 11.5 Å². The first-order chi connectivity index (χ1) is 15.3. The molecule has 1 amide bonds. The molecule has 7 heteroatoms. The number of Topliss-reactive ketones (excluding diaryl/α,β-unsaturated/α-hetero) is 1. The van der Waals surface area contributed by atoms with E-state index in [9.17, 15) is 9.59 Å². The van der Waals surface area contributed by atoms with E-state index in [0.717, 1.165) is 40.7 Å². The lowest BCUT2D eigenvalue weighted by Crippen LogP contribution is -2.27. The van der Waals surface area contributed by atoms with Gasteiger partial charge >= 0.3 is 0 Å². The number of rotatable bonds is 7. The highest BCUT2D eigenvalue weighted by Gasteiger charge is 2.51. The summed E-state index contributed by atoms with van der Waals surface area (Å²) >= 11 is 0. The molecular formula is C25H30N2O5. The summed E-state index contributed by atoms with van der Waals surface area (Å²) in [4.78, 5) is 28.3. The van der Waals surface area contributed by atoms with Gasteiger partial charge in [0.15, 0.2) is 17.3 Å². The summed E-state index contributed by atoms with van der Waals surface area (Å²) in [5, 5.41) is 13.1. The standard InChI is InChI=1S/C25H26N2O5.2H2/c1-24(2,12-18(29)13-28)22-10-15-9-17(4-5-19(15)27-22)26-23(30)25(7-8-25)16-3-6-20-21(11-16)32-14-31-20;;/h3-6,9-11,27-28H,7-8,12-14H2,1-2H3,(H,26,30);2*1H. The number of hydrogen-bond donors (Lipinski definition) is 3. The molecule has 0 bridgehead atoms. The molecule has 170 valence electrons. The van der Waals surface area contributed by atoms with Crippen molar-refractivity contribution in [2.45, 2.75) is 43.9 Å². The number of carbonyl (C=O) groups excluding carboxylic acids is 2. The van der Waals surface area contributed by atoms with Crippen molar-refractivity contribution in [1.82, 2.24) is 4.98 Å². The van der Waals surface area contributed by atoms with Crippen LogP contribution in [0.1, 0.15) is 47.2 Å². The Morgan fingerprint density at radius 1 is 1.12 bits per heavy atom. The minimum Gasteiger partial charge on any atom is -0.454 e. The number of ether oxygens (including phenoxy) is 2. The van der Waals surface area contributed by atoms with Crippen LogP contribution in [0, 0.1) is 0 Å². The van der Waals surface area contributed by atoms with Gasteiger partial charge in [0.1, 0.15) is 6.61 Å². The predicted octanol–water partition coefficient (Wildman–Crippen LogP) is 4.29. The van der Waals surface area contributed by atoms with Crippen LogP contribution in [0.2, 0.25) is 0 Å². The summed E-state index contributed by atoms with van der Waals surface area (Å²) in [5.74, 6) is 1.17. The normalized spacial score (nSPS) is 16.2. The molecule has 0 unspecified atom stereocenters. The van der Waals surface area contributed by atoms with Gasteiger partial charge in [-0.05, 0) is 54.8 Å². The van der Waals surface area contributed by atoms with Crippen LogP contribution in [0.5, 0.6) is 11.5 Å². The number of amides is 1. The van der Waals surface area contributed by atoms with Crippen LogP contribution in [-0.4, -0.2) is 35.2 Å². The SMILES string of the molecule is CC(C)(CC(=O)CO)c1cc2cc(NC(=O)C3(c4ccc5c(c4)OCO5)CC3)ccc2[nH]1.[HH].[HH]. The number of fused-ring (bicyclic) bond motifs is 2. The van der Waals surface area contributed by atoms with Gasteiger partial charge in [0.05, 0.1) is 5.41 Å². The van der Waals surface area contributed by atoms with Gasteiger partial charge in [0.2, 0.25) is 12.7 Å². The van der Waals surface area contributed by atoms with Crippen LogP contribution in [-0.2, 0) is 20.4 Å². The van der Waals surface area contributed by atoms with E-state index < -0.39 is 17.4 Å². The van der Waals surface area contributed by atoms with Gasteiger partial charge in [-0.1, -0.05) is 19.9 Å². The molecule has 0 atom stereocenters. The largest absolute Gasteiger partial charge is 0.454 e. The van der Waals surface area contributed by atoms with E-state index >= 15 is 0 Å². The summed E-state index contributed by atoms with van der Waals surface area (Å²) < 4.78 is 10.9. The average Bonchev–Trinajstić information content (AvgIpc) is 3.25. The fraction of sp³-hybridized carbons (Fsp3) is 0.360. The van der Waals surface area contributed by atoms with E-state index in [1.165, 1.54) is 0 Å². The maximum absolute atomic E-state index is 13.2. The van der Waals surface area contributed by atoms with Crippen LogP contribution in [0.25, 0.3) is 10.9 Å². The molecule has 2 aromatic carbocycles. The highest BCUT2D eigenvalue weighted by molar-refractivity contribution is 6.02. The van der Waals surface area contributed by atoms with E-state index in [4.69, 9.17) is 14.6 Å². The summed E-state index contributed by atoms with van der Waals surface area (Å²) in [6.45, 7) is 3.69. The Bertz CT molecular complexity index is 1230. The van der Waals surface area contributed by atoms with Gasteiger partial charge in [-0.25, -0.2) is 0 Å². The molecule has 0 radical (unpaired) electrons. The molecule has 1 aliphatic carbocycles. The minimum absolute atomic E-state index is 0. The van der Waals surface area contributed by atoms with Gasteiger partial charge < -0.3 is 24.9 Å². The topological polar surface area (TPSA) is 101 Å². The maximum Gasteiger partial charge on any atom is 0.235 e. The molecule has 0 spiro atoms. The second kappa shape index (κ2) is 7.38. The van der Waals surface area contributed by atoms with E-state index in [2.05, 4.69) is 10.3 Å². The number of aromatic nitrogens is 1. The van der Waals surface area contributed by atoms with Crippen LogP contribution in [0.3, 0.4) is 0 Å². The fourth-order valence-corrected chi connectivity index (χ4v) is 4.44. The first kappa shape index (κ1) is 20.6. The Labute approximate surface area is 188 Å². The summed E-state index contributed by atoms with van der Waals surface area (Å²) in [5.41, 5.74) is 2.55. The van der Waals surface area contributed by atoms with Crippen LogP contribution in [0.15, 0.2) is 42.5 Å². The highest BCUT2D eigenvalue weighted by Crippen LogP contribution is 2.51. The van der Waals surface area contributed by atoms with Crippen molar-refractivity contribution in [2.75, 3.05) is 18.7 Å². The molecule has 1 saturated carbocycles. The van der Waals surface area contributed by atoms with Crippen molar-refractivity contribution >= 4 is 28.3 Å². The first-order valence-corrected chi connectivity index (χ1v) is 10.8. The fourth-order valence-electron chi connectivity index (χ4n) is 4.44. The average molecular weight is 439 g/mol. The summed E-state index contributed by atoms with van der Waals surface area (Å²) in [7, 11) is 0. The lowest BCUT2D eigenvalue weighted by Gasteiger charge is -2.22. The third-order valence-corrected chi connectivity index (χ3v) is 6.53. The van der Waals surface area contributed by atoms with Gasteiger partial charge in [0.25, 0.3) is 0 Å². The van der Waals surface area contributed by atoms with Gasteiger partial charge in [-0.3, -0.25) is 9.59 Å². The number of H-pyrrole nitrogens is 1. The molecule has 0 saturated heterocycles. The molecule has 3 N–H and O–H groups in total. The maximum atomic E-state index is 13.2. The molecule has 1 aliphatic heterocycles. The van der Waals surface area contributed by atoms with Crippen molar-refractivity contribution in [2.24, 2.45) is 0 Å². The Morgan fingerprint density at radius 3 is 2.66 bits per heavy atom. The summed E-state index contributed by atoms with van der Waals surface area (Å²) in [6, 6.07) is 13.5. The lowest BCUT2D eigenvalue weighted by molar-refractivity contribution is -0.122. The van der Waals surface area contributed by atoms with Gasteiger partial charge in [0, 0.05) is 37.0 Å². The van der Waals surface area contributed by atoms with Crippen molar-refractivity contribution < 1.29 is 27.0 Å². The number of ketones is 1. The third-order valence-electron chi connectivity index (χ3n) is 6.53. The van der Waals surface area contributed by atoms with E-state index in [1.54, 1.807) is 0 Å². The minimum atomic E-state index is -0.536. The van der Waals surface area contributed by atoms with Crippen molar-refractivity contribution in [3.63, 3.8) is 0 Å². The number of carbonyl (C=O) groups is 2. The van der Waals surface area contributed by atoms with Crippen LogP contribution in [0.4, 0.5) is 5.69 Å². The molecule has 1 fully saturated rings. The van der Waals surface area contributed by atoms with E-state index in [1.807, 2.05) is 56.3 Å². The molecule has 1 aromatic heterocycles. The molecule has 7 nitrogen and oxygen atoms in total. The van der Waals surface area contributed by atoms with Crippen molar-refractivity contribution in [1.29, 1.82) is 0 Å². The first-order valence-electron chi connectivity index (χ1n) is 10.8. The zero-order chi connectivity index (χ0) is 22.5. The zero-order valence-electron chi connectivity index (χ0n) is 18.2. The quantitative estimate of drug-likeness (QED) is 0.511. The number of anilines is 1. The zero-order valence-corrected chi connectivity index (χ0v) is 18.2. The number of nitrogens with one attached hydrogen (secondary N) is 2. The van der Waals surface area contributed by atoms with Crippen molar-refractivity contribution in [3.05, 3.63) is 53.7 Å². The number of benzene rings is 2. The van der Waals surface area contributed by atoms with E-state index in [-0.39, 0.29) is 27.8 Å². The third kappa shape index (κ3) is 3.52. The number of hydrogen-bond acceptors (Lipinski definition) is 5.